The lowest BCUT2D eigenvalue weighted by molar-refractivity contribution is -0.120. The minimum absolute atomic E-state index is 0.00246. The van der Waals surface area contributed by atoms with E-state index in [1.807, 2.05) is 58.0 Å². The summed E-state index contributed by atoms with van der Waals surface area (Å²) in [6, 6.07) is 12.0. The van der Waals surface area contributed by atoms with Crippen LogP contribution in [0.15, 0.2) is 30.3 Å². The second-order valence-electron chi connectivity index (χ2n) is 7.39. The molecule has 1 heterocycles. The summed E-state index contributed by atoms with van der Waals surface area (Å²) in [7, 11) is 0. The van der Waals surface area contributed by atoms with E-state index in [1.165, 1.54) is 11.3 Å². The van der Waals surface area contributed by atoms with E-state index in [1.54, 1.807) is 11.8 Å². The molecule has 0 spiro atoms. The smallest absolute Gasteiger partial charge is 0.264 e. The highest BCUT2D eigenvalue weighted by Crippen LogP contribution is 2.34. The van der Waals surface area contributed by atoms with Gasteiger partial charge in [0.05, 0.1) is 10.4 Å². The maximum absolute atomic E-state index is 13.3. The van der Waals surface area contributed by atoms with Crippen LogP contribution in [0.4, 0.5) is 5.00 Å². The number of nitriles is 1. The van der Waals surface area contributed by atoms with Crippen LogP contribution in [0, 0.1) is 24.2 Å². The van der Waals surface area contributed by atoms with Crippen LogP contribution in [0.25, 0.3) is 0 Å². The van der Waals surface area contributed by atoms with E-state index in [0.29, 0.717) is 27.5 Å². The average Bonchev–Trinajstić information content (AvgIpc) is 3.02. The molecular weight excluding hydrogens is 382 g/mol. The van der Waals surface area contributed by atoms with Crippen molar-refractivity contribution in [3.05, 3.63) is 51.9 Å². The highest BCUT2D eigenvalue weighted by molar-refractivity contribution is 7.18. The van der Waals surface area contributed by atoms with Crippen molar-refractivity contribution in [1.29, 1.82) is 5.26 Å². The number of hydrogen-bond donors (Lipinski definition) is 1. The number of nitrogens with zero attached hydrogens (tertiary/aromatic N) is 2. The first-order valence-electron chi connectivity index (χ1n) is 10.0. The van der Waals surface area contributed by atoms with Gasteiger partial charge in [0.2, 0.25) is 5.91 Å². The molecule has 0 aliphatic carbocycles. The number of amides is 2. The number of benzene rings is 1. The summed E-state index contributed by atoms with van der Waals surface area (Å²) in [4.78, 5) is 28.1. The second kappa shape index (κ2) is 10.2. The lowest BCUT2D eigenvalue weighted by atomic mass is 10.0. The number of carbonyl (C=O) groups is 2. The molecule has 0 fully saturated rings. The highest BCUT2D eigenvalue weighted by atomic mass is 32.1. The molecule has 2 aromatic rings. The van der Waals surface area contributed by atoms with E-state index in [9.17, 15) is 14.9 Å². The minimum atomic E-state index is -0.120. The first kappa shape index (κ1) is 22.6. The Morgan fingerprint density at radius 2 is 1.79 bits per heavy atom. The summed E-state index contributed by atoms with van der Waals surface area (Å²) in [6.07, 6.45) is 1.47. The minimum Gasteiger partial charge on any atom is -0.331 e. The van der Waals surface area contributed by atoms with Gasteiger partial charge in [-0.05, 0) is 44.7 Å². The van der Waals surface area contributed by atoms with E-state index in [-0.39, 0.29) is 23.8 Å². The van der Waals surface area contributed by atoms with Crippen molar-refractivity contribution in [3.63, 3.8) is 0 Å². The zero-order chi connectivity index (χ0) is 21.6. The molecule has 0 aliphatic rings. The fourth-order valence-corrected chi connectivity index (χ4v) is 4.33. The van der Waals surface area contributed by atoms with Gasteiger partial charge in [0.1, 0.15) is 11.1 Å². The van der Waals surface area contributed by atoms with Crippen LogP contribution in [0.2, 0.25) is 0 Å². The first-order valence-corrected chi connectivity index (χ1v) is 10.8. The summed E-state index contributed by atoms with van der Waals surface area (Å²) in [6.45, 7) is 10.2. The van der Waals surface area contributed by atoms with Crippen LogP contribution < -0.4 is 5.32 Å². The van der Waals surface area contributed by atoms with E-state index in [4.69, 9.17) is 0 Å². The van der Waals surface area contributed by atoms with Gasteiger partial charge in [0.25, 0.3) is 5.91 Å². The maximum atomic E-state index is 13.3. The summed E-state index contributed by atoms with van der Waals surface area (Å²) >= 11 is 1.20. The number of carbonyl (C=O) groups excluding carboxylic acids is 2. The van der Waals surface area contributed by atoms with Crippen LogP contribution in [-0.4, -0.2) is 22.8 Å². The van der Waals surface area contributed by atoms with Gasteiger partial charge >= 0.3 is 0 Å². The normalized spacial score (nSPS) is 10.8. The van der Waals surface area contributed by atoms with E-state index in [2.05, 4.69) is 11.4 Å². The van der Waals surface area contributed by atoms with E-state index >= 15 is 0 Å². The number of rotatable bonds is 8. The molecule has 0 bridgehead atoms. The van der Waals surface area contributed by atoms with E-state index < -0.39 is 0 Å². The molecule has 0 radical (unpaired) electrons. The summed E-state index contributed by atoms with van der Waals surface area (Å²) in [5, 5.41) is 13.0. The number of hydrogen-bond acceptors (Lipinski definition) is 4. The Morgan fingerprint density at radius 1 is 1.17 bits per heavy atom. The molecule has 29 heavy (non-hydrogen) atoms. The van der Waals surface area contributed by atoms with Crippen molar-refractivity contribution in [2.75, 3.05) is 5.32 Å². The zero-order valence-electron chi connectivity index (χ0n) is 17.8. The van der Waals surface area contributed by atoms with Gasteiger partial charge in [-0.1, -0.05) is 44.2 Å². The maximum Gasteiger partial charge on any atom is 0.264 e. The molecule has 6 heteroatoms. The number of nitrogens with one attached hydrogen (secondary N) is 1. The number of thiophene rings is 1. The SMILES string of the molecule is CCC(CC)C(=O)Nc1sc(C(=O)N(Cc2ccccc2)C(C)C)c(C)c1C#N. The largest absolute Gasteiger partial charge is 0.331 e. The molecular formula is C23H29N3O2S. The average molecular weight is 412 g/mol. The van der Waals surface area contributed by atoms with Crippen LogP contribution in [0.1, 0.15) is 66.9 Å². The van der Waals surface area contributed by atoms with Gasteiger partial charge in [-0.2, -0.15) is 5.26 Å². The van der Waals surface area contributed by atoms with Crippen LogP contribution >= 0.6 is 11.3 Å². The van der Waals surface area contributed by atoms with Crippen LogP contribution in [-0.2, 0) is 11.3 Å². The Morgan fingerprint density at radius 3 is 2.31 bits per heavy atom. The second-order valence-corrected chi connectivity index (χ2v) is 8.41. The standard InChI is InChI=1S/C23H29N3O2S/c1-6-18(7-2)21(27)25-22-19(13-24)16(5)20(29-22)23(28)26(15(3)4)14-17-11-9-8-10-12-17/h8-12,15,18H,6-7,14H2,1-5H3,(H,25,27). The van der Waals surface area contributed by atoms with Crippen molar-refractivity contribution in [3.8, 4) is 6.07 Å². The molecule has 1 N–H and O–H groups in total. The highest BCUT2D eigenvalue weighted by Gasteiger charge is 2.27. The van der Waals surface area contributed by atoms with Crippen molar-refractivity contribution in [1.82, 2.24) is 4.90 Å². The summed E-state index contributed by atoms with van der Waals surface area (Å²) in [5.74, 6) is -0.323. The molecule has 2 rings (SSSR count). The molecule has 1 aromatic heterocycles. The zero-order valence-corrected chi connectivity index (χ0v) is 18.6. The third-order valence-electron chi connectivity index (χ3n) is 5.13. The lowest BCUT2D eigenvalue weighted by Crippen LogP contribution is -2.36. The third kappa shape index (κ3) is 5.24. The quantitative estimate of drug-likeness (QED) is 0.636. The predicted octanol–water partition coefficient (Wildman–Crippen LogP) is 5.35. The molecule has 0 unspecified atom stereocenters. The van der Waals surface area contributed by atoms with Gasteiger partial charge in [-0.3, -0.25) is 9.59 Å². The van der Waals surface area contributed by atoms with Crippen molar-refractivity contribution >= 4 is 28.2 Å². The summed E-state index contributed by atoms with van der Waals surface area (Å²) in [5.41, 5.74) is 2.05. The molecule has 2 amide bonds. The van der Waals surface area contributed by atoms with Crippen LogP contribution in [0.5, 0.6) is 0 Å². The van der Waals surface area contributed by atoms with Gasteiger partial charge < -0.3 is 10.2 Å². The first-order chi connectivity index (χ1) is 13.8. The Balaban J connectivity index is 2.35. The van der Waals surface area contributed by atoms with Crippen LogP contribution in [0.3, 0.4) is 0 Å². The van der Waals surface area contributed by atoms with Gasteiger partial charge in [0.15, 0.2) is 0 Å². The topological polar surface area (TPSA) is 73.2 Å². The molecule has 154 valence electrons. The molecule has 0 aliphatic heterocycles. The third-order valence-corrected chi connectivity index (χ3v) is 6.32. The van der Waals surface area contributed by atoms with Gasteiger partial charge in [0, 0.05) is 18.5 Å². The molecule has 5 nitrogen and oxygen atoms in total. The lowest BCUT2D eigenvalue weighted by Gasteiger charge is -2.26. The van der Waals surface area contributed by atoms with Crippen molar-refractivity contribution in [2.45, 2.75) is 60.0 Å². The fourth-order valence-electron chi connectivity index (χ4n) is 3.21. The number of anilines is 1. The molecule has 1 aromatic carbocycles. The summed E-state index contributed by atoms with van der Waals surface area (Å²) < 4.78 is 0. The molecule has 0 atom stereocenters. The Bertz CT molecular complexity index is 893. The monoisotopic (exact) mass is 411 g/mol. The fraction of sp³-hybridized carbons (Fsp3) is 0.435. The predicted molar refractivity (Wildman–Crippen MR) is 118 cm³/mol. The van der Waals surface area contributed by atoms with Crippen molar-refractivity contribution < 1.29 is 9.59 Å². The van der Waals surface area contributed by atoms with Gasteiger partial charge in [-0.15, -0.1) is 11.3 Å². The van der Waals surface area contributed by atoms with Crippen molar-refractivity contribution in [2.24, 2.45) is 5.92 Å². The Labute approximate surface area is 177 Å². The van der Waals surface area contributed by atoms with E-state index in [0.717, 1.165) is 18.4 Å². The Hall–Kier alpha value is -2.65. The molecule has 0 saturated heterocycles. The van der Waals surface area contributed by atoms with Gasteiger partial charge in [-0.25, -0.2) is 0 Å². The Kier molecular flexibility index (Phi) is 7.98. The molecule has 0 saturated carbocycles.